The van der Waals surface area contributed by atoms with Gasteiger partial charge in [0.05, 0.1) is 11.3 Å². The van der Waals surface area contributed by atoms with Gasteiger partial charge in [0.25, 0.3) is 0 Å². The number of rotatable bonds is 5. The van der Waals surface area contributed by atoms with Crippen molar-refractivity contribution in [1.29, 1.82) is 0 Å². The van der Waals surface area contributed by atoms with E-state index in [1.54, 1.807) is 18.2 Å². The van der Waals surface area contributed by atoms with Crippen LogP contribution in [-0.2, 0) is 4.79 Å². The second kappa shape index (κ2) is 7.98. The maximum Gasteiger partial charge on any atom is 0.237 e. The van der Waals surface area contributed by atoms with Crippen LogP contribution in [-0.4, -0.2) is 31.4 Å². The Labute approximate surface area is 150 Å². The van der Waals surface area contributed by atoms with Crippen molar-refractivity contribution in [2.45, 2.75) is 55.5 Å². The predicted molar refractivity (Wildman–Crippen MR) is 95.3 cm³/mol. The highest BCUT2D eigenvalue weighted by Crippen LogP contribution is 2.31. The van der Waals surface area contributed by atoms with Gasteiger partial charge >= 0.3 is 0 Å². The fourth-order valence-corrected chi connectivity index (χ4v) is 3.89. The van der Waals surface area contributed by atoms with Crippen molar-refractivity contribution in [3.05, 3.63) is 29.3 Å². The number of carbonyl (C=O) groups excluding carboxylic acids is 1. The number of hydrogen-bond acceptors (Lipinski definition) is 5. The van der Waals surface area contributed by atoms with Crippen molar-refractivity contribution in [2.75, 3.05) is 5.32 Å². The fourth-order valence-electron chi connectivity index (χ4n) is 2.84. The third-order valence-corrected chi connectivity index (χ3v) is 5.41. The zero-order chi connectivity index (χ0) is 16.9. The summed E-state index contributed by atoms with van der Waals surface area (Å²) >= 11 is 7.33. The minimum absolute atomic E-state index is 0.0968. The van der Waals surface area contributed by atoms with E-state index in [4.69, 9.17) is 11.6 Å². The number of halogens is 1. The van der Waals surface area contributed by atoms with Gasteiger partial charge < -0.3 is 5.32 Å². The van der Waals surface area contributed by atoms with Crippen molar-refractivity contribution < 1.29 is 4.79 Å². The lowest BCUT2D eigenvalue weighted by molar-refractivity contribution is -0.115. The Hall–Kier alpha value is -1.60. The van der Waals surface area contributed by atoms with Gasteiger partial charge in [0, 0.05) is 10.7 Å². The first-order valence-corrected chi connectivity index (χ1v) is 9.40. The first-order valence-electron chi connectivity index (χ1n) is 8.14. The molecule has 1 unspecified atom stereocenters. The van der Waals surface area contributed by atoms with Crippen molar-refractivity contribution in [3.8, 4) is 0 Å². The molecule has 1 amide bonds. The molecule has 128 valence electrons. The van der Waals surface area contributed by atoms with Gasteiger partial charge in [0.1, 0.15) is 0 Å². The molecule has 3 rings (SSSR count). The van der Waals surface area contributed by atoms with Crippen LogP contribution in [0.5, 0.6) is 0 Å². The fraction of sp³-hybridized carbons (Fsp3) is 0.500. The van der Waals surface area contributed by atoms with E-state index in [9.17, 15) is 4.79 Å². The van der Waals surface area contributed by atoms with E-state index in [1.165, 1.54) is 31.0 Å². The zero-order valence-corrected chi connectivity index (χ0v) is 15.1. The molecule has 1 aliphatic carbocycles. The molecule has 0 aliphatic heterocycles. The average molecular weight is 366 g/mol. The number of amides is 1. The Bertz CT molecular complexity index is 701. The van der Waals surface area contributed by atoms with Crippen molar-refractivity contribution >= 4 is 35.0 Å². The summed E-state index contributed by atoms with van der Waals surface area (Å²) < 4.78 is 1.88. The molecule has 0 saturated heterocycles. The first kappa shape index (κ1) is 17.2. The minimum Gasteiger partial charge on any atom is -0.325 e. The molecule has 1 aromatic heterocycles. The number of anilines is 1. The Kier molecular flexibility index (Phi) is 5.73. The van der Waals surface area contributed by atoms with Gasteiger partial charge in [0.2, 0.25) is 11.1 Å². The lowest BCUT2D eigenvalue weighted by Crippen LogP contribution is -2.23. The quantitative estimate of drug-likeness (QED) is 0.812. The highest BCUT2D eigenvalue weighted by molar-refractivity contribution is 8.00. The third kappa shape index (κ3) is 4.27. The normalized spacial score (nSPS) is 16.8. The van der Waals surface area contributed by atoms with Gasteiger partial charge in [-0.25, -0.2) is 4.68 Å². The summed E-state index contributed by atoms with van der Waals surface area (Å²) in [7, 11) is 0. The van der Waals surface area contributed by atoms with Crippen LogP contribution in [0.25, 0.3) is 0 Å². The van der Waals surface area contributed by atoms with Gasteiger partial charge in [-0.1, -0.05) is 48.7 Å². The van der Waals surface area contributed by atoms with E-state index in [2.05, 4.69) is 20.8 Å². The molecular weight excluding hydrogens is 346 g/mol. The molecule has 1 atom stereocenters. The maximum absolute atomic E-state index is 12.4. The summed E-state index contributed by atoms with van der Waals surface area (Å²) in [4.78, 5) is 12.4. The molecule has 1 aromatic carbocycles. The molecule has 0 radical (unpaired) electrons. The van der Waals surface area contributed by atoms with E-state index >= 15 is 0 Å². The standard InChI is InChI=1S/C16H20ClN5OS/c1-11(15(23)18-13-7-5-6-12(17)10-13)24-16-19-20-21-22(16)14-8-3-2-4-9-14/h5-7,10-11,14H,2-4,8-9H2,1H3,(H,18,23). The molecule has 1 heterocycles. The Morgan fingerprint density at radius 1 is 1.38 bits per heavy atom. The van der Waals surface area contributed by atoms with E-state index in [-0.39, 0.29) is 11.2 Å². The van der Waals surface area contributed by atoms with Crippen LogP contribution in [0.15, 0.2) is 29.4 Å². The monoisotopic (exact) mass is 365 g/mol. The van der Waals surface area contributed by atoms with Crippen LogP contribution < -0.4 is 5.32 Å². The van der Waals surface area contributed by atoms with Crippen molar-refractivity contribution in [2.24, 2.45) is 0 Å². The number of aromatic nitrogens is 4. The molecule has 1 saturated carbocycles. The molecule has 2 aromatic rings. The second-order valence-electron chi connectivity index (χ2n) is 5.96. The summed E-state index contributed by atoms with van der Waals surface area (Å²) in [6.45, 7) is 1.85. The molecule has 0 spiro atoms. The van der Waals surface area contributed by atoms with Crippen LogP contribution in [0.3, 0.4) is 0 Å². The molecule has 1 N–H and O–H groups in total. The van der Waals surface area contributed by atoms with E-state index in [0.29, 0.717) is 21.9 Å². The van der Waals surface area contributed by atoms with Crippen molar-refractivity contribution in [3.63, 3.8) is 0 Å². The molecule has 8 heteroatoms. The average Bonchev–Trinajstić information content (AvgIpc) is 3.03. The number of carbonyl (C=O) groups is 1. The predicted octanol–water partition coefficient (Wildman–Crippen LogP) is 3.95. The van der Waals surface area contributed by atoms with Gasteiger partial charge in [-0.2, -0.15) is 0 Å². The van der Waals surface area contributed by atoms with Gasteiger partial charge in [-0.3, -0.25) is 4.79 Å². The van der Waals surface area contributed by atoms with Gasteiger partial charge in [0.15, 0.2) is 0 Å². The topological polar surface area (TPSA) is 72.7 Å². The third-order valence-electron chi connectivity index (χ3n) is 4.13. The van der Waals surface area contributed by atoms with Crippen LogP contribution in [0.2, 0.25) is 5.02 Å². The van der Waals surface area contributed by atoms with E-state index in [0.717, 1.165) is 12.8 Å². The number of tetrazole rings is 1. The summed E-state index contributed by atoms with van der Waals surface area (Å²) in [5.74, 6) is -0.0968. The lowest BCUT2D eigenvalue weighted by Gasteiger charge is -2.22. The van der Waals surface area contributed by atoms with E-state index in [1.807, 2.05) is 17.7 Å². The van der Waals surface area contributed by atoms with Crippen LogP contribution in [0, 0.1) is 0 Å². The number of thioether (sulfide) groups is 1. The van der Waals surface area contributed by atoms with Crippen molar-refractivity contribution in [1.82, 2.24) is 20.2 Å². The number of hydrogen-bond donors (Lipinski definition) is 1. The largest absolute Gasteiger partial charge is 0.325 e. The highest BCUT2D eigenvalue weighted by atomic mass is 35.5. The Balaban J connectivity index is 1.63. The minimum atomic E-state index is -0.308. The first-order chi connectivity index (χ1) is 11.6. The Morgan fingerprint density at radius 2 is 2.17 bits per heavy atom. The van der Waals surface area contributed by atoms with Crippen LogP contribution in [0.1, 0.15) is 45.1 Å². The SMILES string of the molecule is CC(Sc1nnnn1C1CCCCC1)C(=O)Nc1cccc(Cl)c1. The molecule has 24 heavy (non-hydrogen) atoms. The molecule has 0 bridgehead atoms. The van der Waals surface area contributed by atoms with Gasteiger partial charge in [-0.05, 0) is 48.4 Å². The van der Waals surface area contributed by atoms with Crippen LogP contribution >= 0.6 is 23.4 Å². The highest BCUT2D eigenvalue weighted by Gasteiger charge is 2.23. The Morgan fingerprint density at radius 3 is 2.92 bits per heavy atom. The molecular formula is C16H20ClN5OS. The smallest absolute Gasteiger partial charge is 0.237 e. The van der Waals surface area contributed by atoms with Gasteiger partial charge in [-0.15, -0.1) is 5.10 Å². The van der Waals surface area contributed by atoms with E-state index < -0.39 is 0 Å². The van der Waals surface area contributed by atoms with Crippen LogP contribution in [0.4, 0.5) is 5.69 Å². The molecule has 1 aliphatic rings. The zero-order valence-electron chi connectivity index (χ0n) is 13.5. The summed E-state index contributed by atoms with van der Waals surface area (Å²) in [6.07, 6.45) is 5.89. The summed E-state index contributed by atoms with van der Waals surface area (Å²) in [5.41, 5.74) is 0.687. The molecule has 6 nitrogen and oxygen atoms in total. The maximum atomic E-state index is 12.4. The summed E-state index contributed by atoms with van der Waals surface area (Å²) in [6, 6.07) is 7.46. The second-order valence-corrected chi connectivity index (χ2v) is 7.70. The number of nitrogens with one attached hydrogen (secondary N) is 1. The molecule has 1 fully saturated rings. The lowest BCUT2D eigenvalue weighted by atomic mass is 9.96. The number of benzene rings is 1. The summed E-state index contributed by atoms with van der Waals surface area (Å²) in [5, 5.41) is 15.9. The number of nitrogens with zero attached hydrogens (tertiary/aromatic N) is 4.